The first-order valence-electron chi connectivity index (χ1n) is 4.96. The molecule has 84 valence electrons. The van der Waals surface area contributed by atoms with Gasteiger partial charge in [-0.2, -0.15) is 0 Å². The van der Waals surface area contributed by atoms with Crippen LogP contribution in [-0.4, -0.2) is 13.2 Å². The zero-order valence-electron chi connectivity index (χ0n) is 8.21. The summed E-state index contributed by atoms with van der Waals surface area (Å²) in [5.74, 6) is 0.528. The highest BCUT2D eigenvalue weighted by molar-refractivity contribution is 9.11. The fourth-order valence-electron chi connectivity index (χ4n) is 1.83. The zero-order valence-corrected chi connectivity index (χ0v) is 11.4. The van der Waals surface area contributed by atoms with Crippen molar-refractivity contribution >= 4 is 38.9 Å². The molecule has 1 aliphatic rings. The van der Waals surface area contributed by atoms with Crippen LogP contribution >= 0.6 is 38.9 Å². The summed E-state index contributed by atoms with van der Waals surface area (Å²) in [5, 5.41) is 0.762. The Morgan fingerprint density at radius 3 is 2.73 bits per heavy atom. The lowest BCUT2D eigenvalue weighted by atomic mass is 9.91. The monoisotopic (exact) mass is 309 g/mol. The third kappa shape index (κ3) is 2.74. The average molecular weight is 311 g/mol. The summed E-state index contributed by atoms with van der Waals surface area (Å²) < 4.78 is 6.30. The maximum Gasteiger partial charge on any atom is 0.0887 e. The molecular weight excluding hydrogens is 298 g/mol. The number of rotatable bonds is 2. The number of ether oxygens (including phenoxy) is 1. The van der Waals surface area contributed by atoms with Gasteiger partial charge in [0.25, 0.3) is 0 Å². The molecule has 0 bridgehead atoms. The van der Waals surface area contributed by atoms with E-state index in [9.17, 15) is 0 Å². The van der Waals surface area contributed by atoms with Gasteiger partial charge in [0.05, 0.1) is 8.81 Å². The number of thiophene rings is 1. The Bertz CT molecular complexity index is 319. The molecule has 2 rings (SSSR count). The van der Waals surface area contributed by atoms with E-state index in [1.165, 1.54) is 4.88 Å². The van der Waals surface area contributed by atoms with Crippen molar-refractivity contribution in [1.29, 1.82) is 0 Å². The SMILES string of the molecule is NC(c1cc(Cl)c(Br)s1)C1CCOCC1. The third-order valence-corrected chi connectivity index (χ3v) is 5.34. The molecule has 0 amide bonds. The van der Waals surface area contributed by atoms with Crippen LogP contribution in [0.5, 0.6) is 0 Å². The Morgan fingerprint density at radius 1 is 1.53 bits per heavy atom. The Morgan fingerprint density at radius 2 is 2.20 bits per heavy atom. The molecule has 1 atom stereocenters. The van der Waals surface area contributed by atoms with Gasteiger partial charge in [-0.05, 0) is 40.8 Å². The van der Waals surface area contributed by atoms with Gasteiger partial charge in [0, 0.05) is 24.1 Å². The summed E-state index contributed by atoms with van der Waals surface area (Å²) in [6.07, 6.45) is 2.10. The molecule has 1 unspecified atom stereocenters. The van der Waals surface area contributed by atoms with Crippen molar-refractivity contribution in [1.82, 2.24) is 0 Å². The van der Waals surface area contributed by atoms with Crippen LogP contribution in [0.25, 0.3) is 0 Å². The molecule has 5 heteroatoms. The molecule has 2 nitrogen and oxygen atoms in total. The lowest BCUT2D eigenvalue weighted by molar-refractivity contribution is 0.0587. The first kappa shape index (κ1) is 11.9. The van der Waals surface area contributed by atoms with Crippen molar-refractivity contribution in [2.45, 2.75) is 18.9 Å². The summed E-state index contributed by atoms with van der Waals surface area (Å²) >= 11 is 11.0. The predicted molar refractivity (Wildman–Crippen MR) is 67.5 cm³/mol. The zero-order chi connectivity index (χ0) is 10.8. The predicted octanol–water partition coefficient (Wildman–Crippen LogP) is 3.59. The van der Waals surface area contributed by atoms with Crippen molar-refractivity contribution in [3.63, 3.8) is 0 Å². The molecule has 1 aromatic rings. The topological polar surface area (TPSA) is 35.2 Å². The Hall–Kier alpha value is 0.390. The number of nitrogens with two attached hydrogens (primary N) is 1. The minimum atomic E-state index is 0.0997. The molecule has 15 heavy (non-hydrogen) atoms. The van der Waals surface area contributed by atoms with Gasteiger partial charge in [0.15, 0.2) is 0 Å². The first-order valence-corrected chi connectivity index (χ1v) is 6.95. The molecule has 1 aromatic heterocycles. The molecule has 1 fully saturated rings. The number of hydrogen-bond acceptors (Lipinski definition) is 3. The highest BCUT2D eigenvalue weighted by Crippen LogP contribution is 2.38. The van der Waals surface area contributed by atoms with E-state index >= 15 is 0 Å². The Kier molecular flexibility index (Phi) is 4.07. The lowest BCUT2D eigenvalue weighted by Gasteiger charge is -2.26. The molecule has 1 aliphatic heterocycles. The minimum Gasteiger partial charge on any atom is -0.381 e. The highest BCUT2D eigenvalue weighted by atomic mass is 79.9. The summed E-state index contributed by atoms with van der Waals surface area (Å²) in [4.78, 5) is 1.17. The van der Waals surface area contributed by atoms with Gasteiger partial charge in [-0.3, -0.25) is 0 Å². The van der Waals surface area contributed by atoms with Crippen LogP contribution in [0.3, 0.4) is 0 Å². The van der Waals surface area contributed by atoms with Crippen LogP contribution in [0, 0.1) is 5.92 Å². The molecular formula is C10H13BrClNOS. The second-order valence-corrected chi connectivity index (χ2v) is 6.55. The van der Waals surface area contributed by atoms with Gasteiger partial charge < -0.3 is 10.5 Å². The molecule has 0 aliphatic carbocycles. The average Bonchev–Trinajstić information content (AvgIpc) is 2.59. The highest BCUT2D eigenvalue weighted by Gasteiger charge is 2.24. The van der Waals surface area contributed by atoms with Crippen LogP contribution in [0.15, 0.2) is 9.85 Å². The van der Waals surface area contributed by atoms with Crippen LogP contribution in [-0.2, 0) is 4.74 Å². The van der Waals surface area contributed by atoms with Crippen molar-refractivity contribution in [3.05, 3.63) is 19.8 Å². The molecule has 0 spiro atoms. The molecule has 1 saturated heterocycles. The van der Waals surface area contributed by atoms with Gasteiger partial charge >= 0.3 is 0 Å². The second-order valence-electron chi connectivity index (χ2n) is 3.75. The quantitative estimate of drug-likeness (QED) is 0.906. The van der Waals surface area contributed by atoms with Crippen LogP contribution in [0.2, 0.25) is 5.02 Å². The van der Waals surface area contributed by atoms with Crippen LogP contribution in [0.1, 0.15) is 23.8 Å². The van der Waals surface area contributed by atoms with E-state index in [4.69, 9.17) is 22.1 Å². The van der Waals surface area contributed by atoms with Gasteiger partial charge in [0.1, 0.15) is 0 Å². The summed E-state index contributed by atoms with van der Waals surface area (Å²) in [6, 6.07) is 2.07. The van der Waals surface area contributed by atoms with E-state index in [1.807, 2.05) is 6.07 Å². The molecule has 0 saturated carbocycles. The fourth-order valence-corrected chi connectivity index (χ4v) is 3.68. The molecule has 0 aromatic carbocycles. The number of halogens is 2. The number of hydrogen-bond donors (Lipinski definition) is 1. The molecule has 2 heterocycles. The summed E-state index contributed by atoms with van der Waals surface area (Å²) in [5.41, 5.74) is 6.23. The molecule has 2 N–H and O–H groups in total. The van der Waals surface area contributed by atoms with E-state index in [0.29, 0.717) is 5.92 Å². The van der Waals surface area contributed by atoms with Gasteiger partial charge in [0.2, 0.25) is 0 Å². The van der Waals surface area contributed by atoms with E-state index in [1.54, 1.807) is 11.3 Å². The molecule has 0 radical (unpaired) electrons. The minimum absolute atomic E-state index is 0.0997. The van der Waals surface area contributed by atoms with Crippen LogP contribution < -0.4 is 5.73 Å². The Balaban J connectivity index is 2.08. The fraction of sp³-hybridized carbons (Fsp3) is 0.600. The van der Waals surface area contributed by atoms with Crippen molar-refractivity contribution in [2.24, 2.45) is 11.7 Å². The standard InChI is InChI=1S/C10H13BrClNOS/c11-10-7(12)5-8(15-10)9(13)6-1-3-14-4-2-6/h5-6,9H,1-4,13H2. The largest absolute Gasteiger partial charge is 0.381 e. The van der Waals surface area contributed by atoms with Crippen molar-refractivity contribution in [3.8, 4) is 0 Å². The summed E-state index contributed by atoms with van der Waals surface area (Å²) in [6.45, 7) is 1.66. The summed E-state index contributed by atoms with van der Waals surface area (Å²) in [7, 11) is 0. The van der Waals surface area contributed by atoms with Crippen LogP contribution in [0.4, 0.5) is 0 Å². The smallest absolute Gasteiger partial charge is 0.0887 e. The Labute approximate surface area is 107 Å². The van der Waals surface area contributed by atoms with Gasteiger partial charge in [-0.15, -0.1) is 11.3 Å². The van der Waals surface area contributed by atoms with E-state index in [2.05, 4.69) is 15.9 Å². The van der Waals surface area contributed by atoms with Gasteiger partial charge in [-0.25, -0.2) is 0 Å². The second kappa shape index (κ2) is 5.15. The lowest BCUT2D eigenvalue weighted by Crippen LogP contribution is -2.26. The van der Waals surface area contributed by atoms with E-state index in [0.717, 1.165) is 34.9 Å². The van der Waals surface area contributed by atoms with Crippen molar-refractivity contribution in [2.75, 3.05) is 13.2 Å². The van der Waals surface area contributed by atoms with Crippen molar-refractivity contribution < 1.29 is 4.74 Å². The maximum atomic E-state index is 6.23. The normalized spacial score (nSPS) is 20.5. The third-order valence-electron chi connectivity index (χ3n) is 2.77. The van der Waals surface area contributed by atoms with E-state index in [-0.39, 0.29) is 6.04 Å². The van der Waals surface area contributed by atoms with E-state index < -0.39 is 0 Å². The van der Waals surface area contributed by atoms with Gasteiger partial charge in [-0.1, -0.05) is 11.6 Å². The first-order chi connectivity index (χ1) is 7.18. The maximum absolute atomic E-state index is 6.23.